The molecule has 8 nitrogen and oxygen atoms in total. The van der Waals surface area contributed by atoms with E-state index in [1.165, 1.54) is 0 Å². The zero-order valence-corrected chi connectivity index (χ0v) is 18.2. The predicted octanol–water partition coefficient (Wildman–Crippen LogP) is 0.419. The van der Waals surface area contributed by atoms with Crippen LogP contribution in [0, 0.1) is 0 Å². The number of guanidine groups is 1. The number of nitrogens with one attached hydrogen (secondary N) is 2. The molecular weight excluding hydrogens is 449 g/mol. The summed E-state index contributed by atoms with van der Waals surface area (Å²) in [7, 11) is 1.74. The lowest BCUT2D eigenvalue weighted by Gasteiger charge is -2.37. The van der Waals surface area contributed by atoms with Crippen LogP contribution in [-0.2, 0) is 14.3 Å². The lowest BCUT2D eigenvalue weighted by Crippen LogP contribution is -2.55. The van der Waals surface area contributed by atoms with Crippen LogP contribution in [-0.4, -0.2) is 86.6 Å². The second kappa shape index (κ2) is 12.3. The van der Waals surface area contributed by atoms with Crippen LogP contribution < -0.4 is 10.6 Å². The van der Waals surface area contributed by atoms with E-state index in [0.717, 1.165) is 38.3 Å². The Hall–Kier alpha value is -1.10. The van der Waals surface area contributed by atoms with Gasteiger partial charge in [-0.1, -0.05) is 6.92 Å². The van der Waals surface area contributed by atoms with Crippen molar-refractivity contribution >= 4 is 41.8 Å². The molecule has 1 atom stereocenters. The molecule has 9 heteroatoms. The molecule has 0 spiro atoms. The standard InChI is InChI=1S/C17H31N5O3.HI/c1-3-7-19-15(23)6-8-20-17(18-2)22-11-9-21(10-12-22)16(24)14-5-4-13-25-14;/h14H,3-13H2,1-2H3,(H,18,20)(H,19,23);1H. The number of amides is 2. The van der Waals surface area contributed by atoms with Gasteiger partial charge in [0.15, 0.2) is 5.96 Å². The number of carbonyl (C=O) groups is 2. The van der Waals surface area contributed by atoms with Crippen LogP contribution in [0.3, 0.4) is 0 Å². The highest BCUT2D eigenvalue weighted by Crippen LogP contribution is 2.16. The lowest BCUT2D eigenvalue weighted by atomic mass is 10.2. The topological polar surface area (TPSA) is 86.3 Å². The van der Waals surface area contributed by atoms with Gasteiger partial charge in [0.1, 0.15) is 6.10 Å². The summed E-state index contributed by atoms with van der Waals surface area (Å²) in [6, 6.07) is 0. The van der Waals surface area contributed by atoms with E-state index < -0.39 is 0 Å². The minimum atomic E-state index is -0.245. The minimum absolute atomic E-state index is 0. The molecule has 0 aliphatic carbocycles. The Kier molecular flexibility index (Phi) is 10.9. The SMILES string of the molecule is CCCNC(=O)CCNC(=NC)N1CCN(C(=O)C2CCCO2)CC1.I. The van der Waals surface area contributed by atoms with Gasteiger partial charge >= 0.3 is 0 Å². The zero-order chi connectivity index (χ0) is 18.1. The fourth-order valence-electron chi connectivity index (χ4n) is 3.09. The van der Waals surface area contributed by atoms with E-state index in [1.807, 2.05) is 11.8 Å². The first-order chi connectivity index (χ1) is 12.2. The van der Waals surface area contributed by atoms with Gasteiger partial charge < -0.3 is 25.2 Å². The molecule has 0 aromatic heterocycles. The molecule has 2 amide bonds. The van der Waals surface area contributed by atoms with Gasteiger partial charge in [-0.25, -0.2) is 0 Å². The van der Waals surface area contributed by atoms with Crippen molar-refractivity contribution in [2.75, 3.05) is 52.9 Å². The van der Waals surface area contributed by atoms with Crippen molar-refractivity contribution in [1.82, 2.24) is 20.4 Å². The van der Waals surface area contributed by atoms with Crippen molar-refractivity contribution in [3.05, 3.63) is 0 Å². The number of halogens is 1. The summed E-state index contributed by atoms with van der Waals surface area (Å²) in [4.78, 5) is 32.3. The van der Waals surface area contributed by atoms with Gasteiger partial charge in [0.05, 0.1) is 0 Å². The Bertz CT molecular complexity index is 475. The molecule has 0 saturated carbocycles. The summed E-state index contributed by atoms with van der Waals surface area (Å²) in [5.41, 5.74) is 0. The molecule has 2 heterocycles. The average molecular weight is 481 g/mol. The van der Waals surface area contributed by atoms with E-state index in [1.54, 1.807) is 7.05 Å². The summed E-state index contributed by atoms with van der Waals surface area (Å²) in [6.07, 6.45) is 2.93. The second-order valence-corrected chi connectivity index (χ2v) is 6.39. The van der Waals surface area contributed by atoms with Gasteiger partial charge in [-0.3, -0.25) is 14.6 Å². The number of rotatable bonds is 6. The fourth-order valence-corrected chi connectivity index (χ4v) is 3.09. The van der Waals surface area contributed by atoms with Crippen molar-refractivity contribution in [2.45, 2.75) is 38.7 Å². The zero-order valence-electron chi connectivity index (χ0n) is 15.8. The quantitative estimate of drug-likeness (QED) is 0.327. The Morgan fingerprint density at radius 1 is 1.12 bits per heavy atom. The van der Waals surface area contributed by atoms with E-state index in [9.17, 15) is 9.59 Å². The largest absolute Gasteiger partial charge is 0.368 e. The number of nitrogens with zero attached hydrogens (tertiary/aromatic N) is 3. The normalized spacial score (nSPS) is 20.5. The Morgan fingerprint density at radius 3 is 2.38 bits per heavy atom. The Balaban J connectivity index is 0.00000338. The smallest absolute Gasteiger partial charge is 0.251 e. The first-order valence-electron chi connectivity index (χ1n) is 9.28. The summed E-state index contributed by atoms with van der Waals surface area (Å²) in [5.74, 6) is 0.956. The van der Waals surface area contributed by atoms with Crippen LogP contribution in [0.5, 0.6) is 0 Å². The van der Waals surface area contributed by atoms with Crippen LogP contribution >= 0.6 is 24.0 Å². The molecule has 2 aliphatic heterocycles. The van der Waals surface area contributed by atoms with Crippen molar-refractivity contribution in [3.8, 4) is 0 Å². The monoisotopic (exact) mass is 481 g/mol. The molecule has 26 heavy (non-hydrogen) atoms. The molecule has 2 rings (SSSR count). The van der Waals surface area contributed by atoms with Gasteiger partial charge in [-0.15, -0.1) is 24.0 Å². The van der Waals surface area contributed by atoms with Crippen molar-refractivity contribution in [3.63, 3.8) is 0 Å². The molecule has 0 radical (unpaired) electrons. The number of carbonyl (C=O) groups excluding carboxylic acids is 2. The maximum absolute atomic E-state index is 12.4. The van der Waals surface area contributed by atoms with Crippen LogP contribution in [0.15, 0.2) is 4.99 Å². The molecule has 2 aliphatic rings. The minimum Gasteiger partial charge on any atom is -0.368 e. The molecule has 2 N–H and O–H groups in total. The second-order valence-electron chi connectivity index (χ2n) is 6.39. The van der Waals surface area contributed by atoms with Gasteiger partial charge in [0, 0.05) is 59.3 Å². The van der Waals surface area contributed by atoms with Crippen LogP contribution in [0.2, 0.25) is 0 Å². The van der Waals surface area contributed by atoms with Gasteiger partial charge in [-0.2, -0.15) is 0 Å². The molecule has 1 unspecified atom stereocenters. The van der Waals surface area contributed by atoms with Crippen molar-refractivity contribution in [1.29, 1.82) is 0 Å². The third kappa shape index (κ3) is 6.90. The number of aliphatic imine (C=N–C) groups is 1. The maximum atomic E-state index is 12.4. The van der Waals surface area contributed by atoms with E-state index in [4.69, 9.17) is 4.74 Å². The number of ether oxygens (including phenoxy) is 1. The highest BCUT2D eigenvalue weighted by atomic mass is 127. The summed E-state index contributed by atoms with van der Waals surface area (Å²) in [5, 5.41) is 6.09. The first-order valence-corrected chi connectivity index (χ1v) is 9.28. The highest BCUT2D eigenvalue weighted by molar-refractivity contribution is 14.0. The van der Waals surface area contributed by atoms with E-state index in [2.05, 4.69) is 20.5 Å². The summed E-state index contributed by atoms with van der Waals surface area (Å²) in [6.45, 7) is 6.82. The predicted molar refractivity (Wildman–Crippen MR) is 112 cm³/mol. The first kappa shape index (κ1) is 22.9. The maximum Gasteiger partial charge on any atom is 0.251 e. The van der Waals surface area contributed by atoms with Crippen molar-refractivity contribution in [2.24, 2.45) is 4.99 Å². The summed E-state index contributed by atoms with van der Waals surface area (Å²) >= 11 is 0. The number of hydrogen-bond donors (Lipinski definition) is 2. The Labute approximate surface area is 173 Å². The van der Waals surface area contributed by atoms with E-state index in [-0.39, 0.29) is 41.9 Å². The van der Waals surface area contributed by atoms with Gasteiger partial charge in [0.25, 0.3) is 5.91 Å². The summed E-state index contributed by atoms with van der Waals surface area (Å²) < 4.78 is 5.49. The number of piperazine rings is 1. The molecule has 2 fully saturated rings. The molecule has 2 saturated heterocycles. The third-order valence-electron chi connectivity index (χ3n) is 4.52. The molecule has 0 aromatic rings. The van der Waals surface area contributed by atoms with Crippen LogP contribution in [0.25, 0.3) is 0 Å². The third-order valence-corrected chi connectivity index (χ3v) is 4.52. The number of hydrogen-bond acceptors (Lipinski definition) is 4. The molecule has 0 aromatic carbocycles. The van der Waals surface area contributed by atoms with Crippen molar-refractivity contribution < 1.29 is 14.3 Å². The van der Waals surface area contributed by atoms with Crippen LogP contribution in [0.4, 0.5) is 0 Å². The van der Waals surface area contributed by atoms with E-state index in [0.29, 0.717) is 39.2 Å². The Morgan fingerprint density at radius 2 is 1.81 bits per heavy atom. The highest BCUT2D eigenvalue weighted by Gasteiger charge is 2.30. The molecular formula is C17H32IN5O3. The average Bonchev–Trinajstić information content (AvgIpc) is 3.18. The van der Waals surface area contributed by atoms with Crippen LogP contribution in [0.1, 0.15) is 32.6 Å². The fraction of sp³-hybridized carbons (Fsp3) is 0.824. The van der Waals surface area contributed by atoms with Gasteiger partial charge in [-0.05, 0) is 19.3 Å². The van der Waals surface area contributed by atoms with E-state index >= 15 is 0 Å². The molecule has 0 bridgehead atoms. The lowest BCUT2D eigenvalue weighted by molar-refractivity contribution is -0.142. The van der Waals surface area contributed by atoms with Gasteiger partial charge in [0.2, 0.25) is 5.91 Å². The molecule has 150 valence electrons.